The van der Waals surface area contributed by atoms with Crippen LogP contribution in [0.2, 0.25) is 0 Å². The number of hydrogen-bond donors (Lipinski definition) is 0. The fourth-order valence-corrected chi connectivity index (χ4v) is 1.58. The molecule has 0 aromatic heterocycles. The molecule has 0 unspecified atom stereocenters. The van der Waals surface area contributed by atoms with Crippen molar-refractivity contribution in [2.45, 2.75) is 11.0 Å². The lowest BCUT2D eigenvalue weighted by molar-refractivity contribution is 0.414. The molecular formula is C9H9FOS. The van der Waals surface area contributed by atoms with Crippen LogP contribution in [0.1, 0.15) is 11.7 Å². The predicted molar refractivity (Wildman–Crippen MR) is 46.9 cm³/mol. The lowest BCUT2D eigenvalue weighted by Crippen LogP contribution is -1.85. The number of hydrogen-bond acceptors (Lipinski definition) is 2. The van der Waals surface area contributed by atoms with E-state index < -0.39 is 0 Å². The summed E-state index contributed by atoms with van der Waals surface area (Å²) in [6.07, 6.45) is 2.02. The Kier molecular flexibility index (Phi) is 2.07. The van der Waals surface area contributed by atoms with Crippen molar-refractivity contribution in [1.82, 2.24) is 0 Å². The minimum Gasteiger partial charge on any atom is -0.368 e. The molecule has 0 amide bonds. The molecule has 0 N–H and O–H groups in total. The zero-order valence-corrected chi connectivity index (χ0v) is 7.53. The molecule has 1 aliphatic rings. The third-order valence-corrected chi connectivity index (χ3v) is 2.65. The molecule has 0 radical (unpaired) electrons. The summed E-state index contributed by atoms with van der Waals surface area (Å²) in [7, 11) is 0. The summed E-state index contributed by atoms with van der Waals surface area (Å²) in [6, 6.07) is 5.28. The van der Waals surface area contributed by atoms with Crippen molar-refractivity contribution in [3.8, 4) is 0 Å². The molecule has 1 saturated heterocycles. The largest absolute Gasteiger partial charge is 0.368 e. The van der Waals surface area contributed by atoms with Crippen molar-refractivity contribution in [3.63, 3.8) is 0 Å². The number of epoxide rings is 1. The fraction of sp³-hybridized carbons (Fsp3) is 0.333. The van der Waals surface area contributed by atoms with Gasteiger partial charge in [-0.05, 0) is 24.0 Å². The maximum Gasteiger partial charge on any atom is 0.137 e. The van der Waals surface area contributed by atoms with Crippen LogP contribution in [0.25, 0.3) is 0 Å². The molecule has 3 heteroatoms. The SMILES string of the molecule is CSc1ccc([C@H]2CO2)cc1F. The van der Waals surface area contributed by atoms with E-state index >= 15 is 0 Å². The van der Waals surface area contributed by atoms with Crippen LogP contribution in [0.3, 0.4) is 0 Å². The number of thioether (sulfide) groups is 1. The average Bonchev–Trinajstić information content (AvgIpc) is 2.86. The van der Waals surface area contributed by atoms with Crippen LogP contribution < -0.4 is 0 Å². The van der Waals surface area contributed by atoms with Crippen molar-refractivity contribution in [2.24, 2.45) is 0 Å². The van der Waals surface area contributed by atoms with E-state index in [0.717, 1.165) is 12.2 Å². The smallest absolute Gasteiger partial charge is 0.137 e. The summed E-state index contributed by atoms with van der Waals surface area (Å²) < 4.78 is 18.2. The Morgan fingerprint density at radius 3 is 2.83 bits per heavy atom. The summed E-state index contributed by atoms with van der Waals surface area (Å²) in [5, 5.41) is 0. The summed E-state index contributed by atoms with van der Waals surface area (Å²) >= 11 is 1.42. The van der Waals surface area contributed by atoms with Gasteiger partial charge in [0, 0.05) is 4.90 Å². The maximum atomic E-state index is 13.2. The third-order valence-electron chi connectivity index (χ3n) is 1.88. The van der Waals surface area contributed by atoms with Gasteiger partial charge in [-0.25, -0.2) is 4.39 Å². The molecule has 1 atom stereocenters. The molecular weight excluding hydrogens is 175 g/mol. The van der Waals surface area contributed by atoms with Crippen LogP contribution in [0.4, 0.5) is 4.39 Å². The van der Waals surface area contributed by atoms with E-state index in [4.69, 9.17) is 4.74 Å². The topological polar surface area (TPSA) is 12.5 Å². The van der Waals surface area contributed by atoms with Crippen LogP contribution in [-0.4, -0.2) is 12.9 Å². The Morgan fingerprint density at radius 1 is 1.58 bits per heavy atom. The maximum absolute atomic E-state index is 13.2. The molecule has 1 nitrogen and oxygen atoms in total. The van der Waals surface area contributed by atoms with E-state index in [1.54, 1.807) is 12.1 Å². The van der Waals surface area contributed by atoms with Gasteiger partial charge < -0.3 is 4.74 Å². The van der Waals surface area contributed by atoms with Gasteiger partial charge in [-0.3, -0.25) is 0 Å². The molecule has 0 bridgehead atoms. The lowest BCUT2D eigenvalue weighted by Gasteiger charge is -2.00. The van der Waals surface area contributed by atoms with Gasteiger partial charge in [-0.1, -0.05) is 6.07 Å². The van der Waals surface area contributed by atoms with Gasteiger partial charge in [0.1, 0.15) is 11.9 Å². The van der Waals surface area contributed by atoms with Crippen LogP contribution in [-0.2, 0) is 4.74 Å². The third kappa shape index (κ3) is 1.47. The first-order chi connectivity index (χ1) is 5.81. The Hall–Kier alpha value is -0.540. The molecule has 64 valence electrons. The highest BCUT2D eigenvalue weighted by molar-refractivity contribution is 7.98. The molecule has 1 aromatic rings. The van der Waals surface area contributed by atoms with Gasteiger partial charge in [0.2, 0.25) is 0 Å². The first-order valence-electron chi connectivity index (χ1n) is 3.76. The molecule has 1 aromatic carbocycles. The number of rotatable bonds is 2. The summed E-state index contributed by atoms with van der Waals surface area (Å²) in [5.74, 6) is -0.143. The van der Waals surface area contributed by atoms with Gasteiger partial charge in [-0.2, -0.15) is 0 Å². The minimum absolute atomic E-state index is 0.143. The van der Waals surface area contributed by atoms with Gasteiger partial charge in [0.25, 0.3) is 0 Å². The molecule has 0 aliphatic carbocycles. The van der Waals surface area contributed by atoms with Crippen molar-refractivity contribution in [1.29, 1.82) is 0 Å². The zero-order chi connectivity index (χ0) is 8.55. The first-order valence-corrected chi connectivity index (χ1v) is 4.99. The summed E-state index contributed by atoms with van der Waals surface area (Å²) in [4.78, 5) is 0.694. The quantitative estimate of drug-likeness (QED) is 0.517. The molecule has 12 heavy (non-hydrogen) atoms. The predicted octanol–water partition coefficient (Wildman–Crippen LogP) is 2.62. The van der Waals surface area contributed by atoms with E-state index in [2.05, 4.69) is 0 Å². The normalized spacial score (nSPS) is 21.0. The van der Waals surface area contributed by atoms with E-state index in [0.29, 0.717) is 4.90 Å². The number of ether oxygens (including phenoxy) is 1. The summed E-state index contributed by atoms with van der Waals surface area (Å²) in [6.45, 7) is 0.734. The standard InChI is InChI=1S/C9H9FOS/c1-12-9-3-2-6(4-7(9)10)8-5-11-8/h2-4,8H,5H2,1H3/t8-/m1/s1. The van der Waals surface area contributed by atoms with Crippen LogP contribution in [0.15, 0.2) is 23.1 Å². The van der Waals surface area contributed by atoms with Gasteiger partial charge in [0.05, 0.1) is 6.61 Å². The van der Waals surface area contributed by atoms with Crippen LogP contribution >= 0.6 is 11.8 Å². The molecule has 2 rings (SSSR count). The average molecular weight is 184 g/mol. The van der Waals surface area contributed by atoms with Crippen LogP contribution in [0.5, 0.6) is 0 Å². The molecule has 0 spiro atoms. The Morgan fingerprint density at radius 2 is 2.33 bits per heavy atom. The van der Waals surface area contributed by atoms with Crippen molar-refractivity contribution in [2.75, 3.05) is 12.9 Å². The van der Waals surface area contributed by atoms with Gasteiger partial charge in [-0.15, -0.1) is 11.8 Å². The Labute approximate surface area is 74.9 Å². The van der Waals surface area contributed by atoms with E-state index in [9.17, 15) is 4.39 Å². The van der Waals surface area contributed by atoms with Crippen molar-refractivity contribution < 1.29 is 9.13 Å². The Bertz CT molecular complexity index is 297. The molecule has 1 heterocycles. The minimum atomic E-state index is -0.143. The Balaban J connectivity index is 2.30. The second-order valence-corrected chi connectivity index (χ2v) is 3.56. The molecule has 0 saturated carbocycles. The fourth-order valence-electron chi connectivity index (χ4n) is 1.12. The van der Waals surface area contributed by atoms with Crippen LogP contribution in [0, 0.1) is 5.82 Å². The highest BCUT2D eigenvalue weighted by atomic mass is 32.2. The summed E-state index contributed by atoms with van der Waals surface area (Å²) in [5.41, 5.74) is 0.949. The highest BCUT2D eigenvalue weighted by Gasteiger charge is 2.25. The first kappa shape index (κ1) is 8.08. The monoisotopic (exact) mass is 184 g/mol. The van der Waals surface area contributed by atoms with E-state index in [-0.39, 0.29) is 11.9 Å². The second kappa shape index (κ2) is 3.07. The van der Waals surface area contributed by atoms with Crippen molar-refractivity contribution >= 4 is 11.8 Å². The van der Waals surface area contributed by atoms with E-state index in [1.807, 2.05) is 12.3 Å². The molecule has 1 aliphatic heterocycles. The second-order valence-electron chi connectivity index (χ2n) is 2.72. The lowest BCUT2D eigenvalue weighted by atomic mass is 10.2. The zero-order valence-electron chi connectivity index (χ0n) is 6.71. The highest BCUT2D eigenvalue weighted by Crippen LogP contribution is 2.31. The van der Waals surface area contributed by atoms with Crippen molar-refractivity contribution in [3.05, 3.63) is 29.6 Å². The number of benzene rings is 1. The molecule has 1 fully saturated rings. The van der Waals surface area contributed by atoms with Gasteiger partial charge >= 0.3 is 0 Å². The van der Waals surface area contributed by atoms with E-state index in [1.165, 1.54) is 11.8 Å². The van der Waals surface area contributed by atoms with Gasteiger partial charge in [0.15, 0.2) is 0 Å². The number of halogens is 1.